The minimum absolute atomic E-state index is 0.0261. The molecule has 0 bridgehead atoms. The summed E-state index contributed by atoms with van der Waals surface area (Å²) in [7, 11) is 0. The first-order valence-corrected chi connectivity index (χ1v) is 18.3. The van der Waals surface area contributed by atoms with Crippen LogP contribution < -0.4 is 20.3 Å². The van der Waals surface area contributed by atoms with Gasteiger partial charge in [-0.3, -0.25) is 10.2 Å². The molecule has 1 saturated heterocycles. The van der Waals surface area contributed by atoms with E-state index in [1.54, 1.807) is 16.8 Å². The molecule has 3 aromatic carbocycles. The molecule has 4 aromatic rings. The lowest BCUT2D eigenvalue weighted by Gasteiger charge is -2.33. The molecule has 48 heavy (non-hydrogen) atoms. The van der Waals surface area contributed by atoms with Gasteiger partial charge in [0.05, 0.1) is 28.8 Å². The van der Waals surface area contributed by atoms with E-state index >= 15 is 0 Å². The topological polar surface area (TPSA) is 98.1 Å². The normalized spacial score (nSPS) is 17.4. The second-order valence-electron chi connectivity index (χ2n) is 12.9. The molecular formula is C35H38ClN7O3S2. The molecule has 3 aliphatic heterocycles. The number of aromatic nitrogens is 2. The molecule has 0 saturated carbocycles. The van der Waals surface area contributed by atoms with Gasteiger partial charge < -0.3 is 25.0 Å². The minimum Gasteiger partial charge on any atom is -0.506 e. The average Bonchev–Trinajstić information content (AvgIpc) is 3.77. The van der Waals surface area contributed by atoms with Gasteiger partial charge in [0.2, 0.25) is 0 Å². The summed E-state index contributed by atoms with van der Waals surface area (Å²) in [6.45, 7) is 9.59. The first-order valence-electron chi connectivity index (χ1n) is 15.9. The standard InChI is InChI=1S/C35H38ClN7O3S2/c1-35(2,3)31-20-32(43(39-31)24-8-10-28(44)26(36)18-24)38-33(45)37-21-23-6-4-5-7-29(23)46-25-9-11-30-27(19-25)42-13-12-41(34(42)48-30)22-40-14-16-47-17-15-40/h4-13,18-20,34,44H,14-17,21-22H2,1-3H3,(H2,37,38,45). The number of amides is 2. The number of thioether (sulfide) groups is 2. The lowest BCUT2D eigenvalue weighted by molar-refractivity contribution is 0.185. The summed E-state index contributed by atoms with van der Waals surface area (Å²) in [5, 5.41) is 20.7. The monoisotopic (exact) mass is 703 g/mol. The number of para-hydroxylation sites is 1. The first kappa shape index (κ1) is 32.6. The Morgan fingerprint density at radius 3 is 2.67 bits per heavy atom. The number of carbonyl (C=O) groups is 1. The van der Waals surface area contributed by atoms with Crippen LogP contribution >= 0.6 is 35.1 Å². The highest BCUT2D eigenvalue weighted by Gasteiger charge is 2.37. The molecule has 10 nitrogen and oxygen atoms in total. The zero-order valence-corrected chi connectivity index (χ0v) is 29.4. The Balaban J connectivity index is 1.02. The van der Waals surface area contributed by atoms with Crippen LogP contribution in [0, 0.1) is 0 Å². The molecule has 1 aromatic heterocycles. The number of halogens is 1. The smallest absolute Gasteiger partial charge is 0.320 e. The summed E-state index contributed by atoms with van der Waals surface area (Å²) in [5.74, 6) is 4.24. The molecule has 0 spiro atoms. The summed E-state index contributed by atoms with van der Waals surface area (Å²) < 4.78 is 8.03. The van der Waals surface area contributed by atoms with Crippen LogP contribution in [-0.4, -0.2) is 67.5 Å². The van der Waals surface area contributed by atoms with Gasteiger partial charge in [-0.25, -0.2) is 9.48 Å². The Labute approximate surface area is 294 Å². The van der Waals surface area contributed by atoms with E-state index in [1.807, 2.05) is 59.9 Å². The zero-order valence-electron chi connectivity index (χ0n) is 27.0. The molecule has 1 fully saturated rings. The second-order valence-corrected chi connectivity index (χ2v) is 15.6. The van der Waals surface area contributed by atoms with Crippen molar-refractivity contribution < 1.29 is 14.6 Å². The zero-order chi connectivity index (χ0) is 33.4. The van der Waals surface area contributed by atoms with Crippen LogP contribution in [0.15, 0.2) is 84.0 Å². The fraction of sp³-hybridized carbons (Fsp3) is 0.314. The maximum absolute atomic E-state index is 13.2. The molecule has 1 atom stereocenters. The molecule has 0 aliphatic carbocycles. The van der Waals surface area contributed by atoms with Gasteiger partial charge in [-0.1, -0.05) is 62.3 Å². The van der Waals surface area contributed by atoms with E-state index in [2.05, 4.69) is 70.6 Å². The van der Waals surface area contributed by atoms with Crippen molar-refractivity contribution >= 4 is 52.7 Å². The van der Waals surface area contributed by atoms with Gasteiger partial charge in [0, 0.05) is 71.5 Å². The molecule has 13 heteroatoms. The Bertz CT molecular complexity index is 1850. The molecular weight excluding hydrogens is 666 g/mol. The predicted octanol–water partition coefficient (Wildman–Crippen LogP) is 7.63. The number of fused-ring (bicyclic) bond motifs is 3. The maximum Gasteiger partial charge on any atom is 0.320 e. The third-order valence-corrected chi connectivity index (χ3v) is 10.9. The molecule has 3 N–H and O–H groups in total. The van der Waals surface area contributed by atoms with Crippen molar-refractivity contribution in [1.29, 1.82) is 0 Å². The number of hydrogen-bond donors (Lipinski definition) is 3. The number of benzene rings is 3. The SMILES string of the molecule is CC(C)(C)c1cc(NC(=O)NCc2ccccc2Oc2ccc3c(c2)N2C=CN(CN4CCSCC4)C2S3)n(-c2ccc(O)c(Cl)c2)n1. The number of carbonyl (C=O) groups excluding carboxylic acids is 1. The number of nitrogens with one attached hydrogen (secondary N) is 2. The average molecular weight is 704 g/mol. The number of urea groups is 1. The fourth-order valence-corrected chi connectivity index (χ4v) is 8.11. The van der Waals surface area contributed by atoms with Crippen molar-refractivity contribution in [2.45, 2.75) is 43.1 Å². The van der Waals surface area contributed by atoms with Crippen LogP contribution in [0.4, 0.5) is 16.3 Å². The molecule has 2 amide bonds. The van der Waals surface area contributed by atoms with Gasteiger partial charge in [-0.05, 0) is 36.4 Å². The third-order valence-electron chi connectivity index (χ3n) is 8.38. The van der Waals surface area contributed by atoms with E-state index in [0.29, 0.717) is 17.3 Å². The minimum atomic E-state index is -0.398. The van der Waals surface area contributed by atoms with E-state index in [0.717, 1.165) is 42.5 Å². The van der Waals surface area contributed by atoms with Gasteiger partial charge >= 0.3 is 6.03 Å². The fourth-order valence-electron chi connectivity index (χ4n) is 5.73. The van der Waals surface area contributed by atoms with Crippen molar-refractivity contribution in [2.75, 3.05) is 41.5 Å². The van der Waals surface area contributed by atoms with Gasteiger partial charge in [0.1, 0.15) is 23.1 Å². The van der Waals surface area contributed by atoms with Gasteiger partial charge in [-0.15, -0.1) is 0 Å². The third kappa shape index (κ3) is 6.93. The molecule has 250 valence electrons. The van der Waals surface area contributed by atoms with Gasteiger partial charge in [0.15, 0.2) is 5.50 Å². The highest BCUT2D eigenvalue weighted by Crippen LogP contribution is 2.49. The Kier molecular flexibility index (Phi) is 9.16. The van der Waals surface area contributed by atoms with Crippen LogP contribution in [0.2, 0.25) is 5.02 Å². The lowest BCUT2D eigenvalue weighted by atomic mass is 9.92. The van der Waals surface area contributed by atoms with Crippen molar-refractivity contribution in [2.24, 2.45) is 0 Å². The van der Waals surface area contributed by atoms with Crippen molar-refractivity contribution in [3.8, 4) is 22.9 Å². The molecule has 4 heterocycles. The molecule has 7 rings (SSSR count). The Morgan fingerprint density at radius 1 is 1.06 bits per heavy atom. The van der Waals surface area contributed by atoms with Crippen LogP contribution in [0.1, 0.15) is 32.0 Å². The maximum atomic E-state index is 13.2. The number of anilines is 2. The number of nitrogens with zero attached hydrogens (tertiary/aromatic N) is 5. The predicted molar refractivity (Wildman–Crippen MR) is 195 cm³/mol. The van der Waals surface area contributed by atoms with Crippen LogP contribution in [-0.2, 0) is 12.0 Å². The van der Waals surface area contributed by atoms with E-state index < -0.39 is 6.03 Å². The highest BCUT2D eigenvalue weighted by atomic mass is 35.5. The number of phenolic OH excluding ortho intramolecular Hbond substituents is 1. The number of aromatic hydroxyl groups is 1. The van der Waals surface area contributed by atoms with Crippen molar-refractivity contribution in [3.05, 3.63) is 95.4 Å². The quantitative estimate of drug-likeness (QED) is 0.171. The first-order chi connectivity index (χ1) is 23.1. The summed E-state index contributed by atoms with van der Waals surface area (Å²) in [6, 6.07) is 20.2. The molecule has 1 unspecified atom stereocenters. The van der Waals surface area contributed by atoms with E-state index in [4.69, 9.17) is 21.4 Å². The molecule has 3 aliphatic rings. The van der Waals surface area contributed by atoms with Gasteiger partial charge in [-0.2, -0.15) is 16.9 Å². The number of hydrogen-bond acceptors (Lipinski definition) is 9. The van der Waals surface area contributed by atoms with Crippen LogP contribution in [0.3, 0.4) is 0 Å². The summed E-state index contributed by atoms with van der Waals surface area (Å²) >= 11 is 10.1. The number of ether oxygens (including phenoxy) is 1. The number of rotatable bonds is 8. The van der Waals surface area contributed by atoms with Crippen molar-refractivity contribution in [3.63, 3.8) is 0 Å². The van der Waals surface area contributed by atoms with E-state index in [1.165, 1.54) is 22.5 Å². The van der Waals surface area contributed by atoms with E-state index in [9.17, 15) is 9.90 Å². The van der Waals surface area contributed by atoms with E-state index in [-0.39, 0.29) is 28.2 Å². The molecule has 0 radical (unpaired) electrons. The van der Waals surface area contributed by atoms with Crippen molar-refractivity contribution in [1.82, 2.24) is 24.9 Å². The summed E-state index contributed by atoms with van der Waals surface area (Å²) in [4.78, 5) is 21.7. The highest BCUT2D eigenvalue weighted by molar-refractivity contribution is 8.00. The van der Waals surface area contributed by atoms with Crippen LogP contribution in [0.5, 0.6) is 17.2 Å². The van der Waals surface area contributed by atoms with Gasteiger partial charge in [0.25, 0.3) is 0 Å². The largest absolute Gasteiger partial charge is 0.506 e. The van der Waals surface area contributed by atoms with Crippen LogP contribution in [0.25, 0.3) is 5.69 Å². The Hall–Kier alpha value is -3.97. The second kappa shape index (κ2) is 13.5. The summed E-state index contributed by atoms with van der Waals surface area (Å²) in [5.41, 5.74) is 3.32. The lowest BCUT2D eigenvalue weighted by Crippen LogP contribution is -2.44. The Morgan fingerprint density at radius 2 is 1.88 bits per heavy atom. The summed E-state index contributed by atoms with van der Waals surface area (Å²) in [6.07, 6.45) is 4.35. The number of phenols is 1.